The summed E-state index contributed by atoms with van der Waals surface area (Å²) in [5.74, 6) is -0.559. The van der Waals surface area contributed by atoms with Crippen molar-refractivity contribution >= 4 is 17.7 Å². The first kappa shape index (κ1) is 19.1. The minimum atomic E-state index is -0.616. The number of ketones is 1. The summed E-state index contributed by atoms with van der Waals surface area (Å²) in [6.45, 7) is 3.61. The highest BCUT2D eigenvalue weighted by Gasteiger charge is 2.22. The number of carbonyl (C=O) groups is 2. The van der Waals surface area contributed by atoms with Gasteiger partial charge in [0.2, 0.25) is 0 Å². The van der Waals surface area contributed by atoms with Gasteiger partial charge >= 0.3 is 6.09 Å². The van der Waals surface area contributed by atoms with E-state index in [1.807, 2.05) is 0 Å². The molecule has 8 heteroatoms. The lowest BCUT2D eigenvalue weighted by atomic mass is 9.99. The van der Waals surface area contributed by atoms with Crippen molar-refractivity contribution in [2.75, 3.05) is 5.73 Å². The van der Waals surface area contributed by atoms with E-state index >= 15 is 0 Å². The van der Waals surface area contributed by atoms with Gasteiger partial charge in [-0.2, -0.15) is 5.10 Å². The zero-order valence-corrected chi connectivity index (χ0v) is 15.3. The molecule has 4 N–H and O–H groups in total. The van der Waals surface area contributed by atoms with Crippen LogP contribution in [0.15, 0.2) is 48.5 Å². The monoisotopic (exact) mass is 382 g/mol. The van der Waals surface area contributed by atoms with Crippen LogP contribution in [-0.4, -0.2) is 28.1 Å². The maximum absolute atomic E-state index is 13.2. The summed E-state index contributed by atoms with van der Waals surface area (Å²) in [6, 6.07) is 11.7. The SMILES string of the molecule is CC(C)NC(=O)Oc1cccc(C(=O)c2c(N)n[nH]c2-c2ccc(F)cc2)c1. The number of aromatic nitrogens is 2. The van der Waals surface area contributed by atoms with Crippen LogP contribution in [0.3, 0.4) is 0 Å². The molecule has 0 radical (unpaired) electrons. The standard InChI is InChI=1S/C20H19FN4O3/c1-11(2)23-20(27)28-15-5-3-4-13(10-15)18(26)16-17(24-25-19(16)22)12-6-8-14(21)9-7-12/h3-11H,1-2H3,(H,23,27)(H3,22,24,25). The molecule has 0 saturated carbocycles. The van der Waals surface area contributed by atoms with Crippen molar-refractivity contribution in [3.8, 4) is 17.0 Å². The fraction of sp³-hybridized carbons (Fsp3) is 0.150. The fourth-order valence-corrected chi connectivity index (χ4v) is 2.63. The van der Waals surface area contributed by atoms with Crippen LogP contribution in [-0.2, 0) is 0 Å². The summed E-state index contributed by atoms with van der Waals surface area (Å²) < 4.78 is 18.4. The van der Waals surface area contributed by atoms with Crippen molar-refractivity contribution in [1.29, 1.82) is 0 Å². The molecule has 1 heterocycles. The first-order valence-corrected chi connectivity index (χ1v) is 8.58. The van der Waals surface area contributed by atoms with E-state index in [0.717, 1.165) is 0 Å². The van der Waals surface area contributed by atoms with Gasteiger partial charge in [0.15, 0.2) is 11.6 Å². The first-order valence-electron chi connectivity index (χ1n) is 8.58. The fourth-order valence-electron chi connectivity index (χ4n) is 2.63. The lowest BCUT2D eigenvalue weighted by Crippen LogP contribution is -2.32. The molecule has 2 aromatic carbocycles. The van der Waals surface area contributed by atoms with Crippen molar-refractivity contribution in [1.82, 2.24) is 15.5 Å². The van der Waals surface area contributed by atoms with Crippen molar-refractivity contribution in [2.45, 2.75) is 19.9 Å². The van der Waals surface area contributed by atoms with Crippen LogP contribution in [0.2, 0.25) is 0 Å². The Balaban J connectivity index is 1.91. The van der Waals surface area contributed by atoms with Gasteiger partial charge in [-0.1, -0.05) is 12.1 Å². The quantitative estimate of drug-likeness (QED) is 0.585. The van der Waals surface area contributed by atoms with E-state index in [9.17, 15) is 14.0 Å². The Hall–Kier alpha value is -3.68. The third kappa shape index (κ3) is 4.17. The number of rotatable bonds is 5. The highest BCUT2D eigenvalue weighted by molar-refractivity contribution is 6.15. The Bertz CT molecular complexity index is 1010. The third-order valence-corrected chi connectivity index (χ3v) is 3.87. The number of hydrogen-bond donors (Lipinski definition) is 3. The van der Waals surface area contributed by atoms with Crippen LogP contribution in [0.5, 0.6) is 5.75 Å². The van der Waals surface area contributed by atoms with E-state index in [1.54, 1.807) is 32.0 Å². The topological polar surface area (TPSA) is 110 Å². The van der Waals surface area contributed by atoms with E-state index in [1.165, 1.54) is 30.3 Å². The van der Waals surface area contributed by atoms with E-state index in [0.29, 0.717) is 11.3 Å². The minimum Gasteiger partial charge on any atom is -0.410 e. The molecule has 28 heavy (non-hydrogen) atoms. The number of aromatic amines is 1. The van der Waals surface area contributed by atoms with Gasteiger partial charge in [0.25, 0.3) is 0 Å². The lowest BCUT2D eigenvalue weighted by Gasteiger charge is -2.10. The molecule has 0 fully saturated rings. The molecule has 1 amide bonds. The van der Waals surface area contributed by atoms with Gasteiger partial charge in [0.1, 0.15) is 11.6 Å². The molecule has 3 aromatic rings. The second-order valence-electron chi connectivity index (χ2n) is 6.41. The number of carbonyl (C=O) groups excluding carboxylic acids is 2. The number of nitrogens with two attached hydrogens (primary N) is 1. The molecule has 1 aromatic heterocycles. The normalized spacial score (nSPS) is 10.7. The van der Waals surface area contributed by atoms with Crippen molar-refractivity contribution in [3.05, 3.63) is 65.5 Å². The molecular formula is C20H19FN4O3. The molecule has 0 aliphatic carbocycles. The zero-order chi connectivity index (χ0) is 20.3. The summed E-state index contributed by atoms with van der Waals surface area (Å²) in [6.07, 6.45) is -0.616. The van der Waals surface area contributed by atoms with E-state index < -0.39 is 17.7 Å². The number of nitrogens with one attached hydrogen (secondary N) is 2. The summed E-state index contributed by atoms with van der Waals surface area (Å²) in [5.41, 5.74) is 7.27. The Labute approximate surface area is 160 Å². The van der Waals surface area contributed by atoms with Gasteiger partial charge in [-0.25, -0.2) is 9.18 Å². The Morgan fingerprint density at radius 2 is 1.89 bits per heavy atom. The predicted molar refractivity (Wildman–Crippen MR) is 103 cm³/mol. The second-order valence-corrected chi connectivity index (χ2v) is 6.41. The number of amides is 1. The molecule has 0 unspecified atom stereocenters. The van der Waals surface area contributed by atoms with E-state index in [2.05, 4.69) is 15.5 Å². The maximum atomic E-state index is 13.2. The smallest absolute Gasteiger partial charge is 0.410 e. The number of anilines is 1. The van der Waals surface area contributed by atoms with Crippen molar-refractivity contribution < 1.29 is 18.7 Å². The number of H-pyrrole nitrogens is 1. The van der Waals surface area contributed by atoms with Crippen LogP contribution >= 0.6 is 0 Å². The van der Waals surface area contributed by atoms with Crippen molar-refractivity contribution in [3.63, 3.8) is 0 Å². The number of nitrogens with zero attached hydrogens (tertiary/aromatic N) is 1. The lowest BCUT2D eigenvalue weighted by molar-refractivity contribution is 0.103. The average Bonchev–Trinajstić information content (AvgIpc) is 3.02. The van der Waals surface area contributed by atoms with Gasteiger partial charge in [0.05, 0.1) is 11.3 Å². The summed E-state index contributed by atoms with van der Waals surface area (Å²) in [5, 5.41) is 9.22. The minimum absolute atomic E-state index is 0.0215. The number of hydrogen-bond acceptors (Lipinski definition) is 5. The Kier molecular flexibility index (Phi) is 5.39. The largest absolute Gasteiger partial charge is 0.412 e. The van der Waals surface area contributed by atoms with Crippen LogP contribution in [0.25, 0.3) is 11.3 Å². The molecule has 0 spiro atoms. The number of benzene rings is 2. The molecule has 144 valence electrons. The molecule has 0 saturated heterocycles. The highest BCUT2D eigenvalue weighted by atomic mass is 19.1. The van der Waals surface area contributed by atoms with E-state index in [-0.39, 0.29) is 28.7 Å². The van der Waals surface area contributed by atoms with Crippen LogP contribution in [0.1, 0.15) is 29.8 Å². The molecule has 0 bridgehead atoms. The van der Waals surface area contributed by atoms with Gasteiger partial charge in [-0.05, 0) is 50.2 Å². The molecule has 3 rings (SSSR count). The average molecular weight is 382 g/mol. The number of halogens is 1. The van der Waals surface area contributed by atoms with Crippen LogP contribution < -0.4 is 15.8 Å². The molecular weight excluding hydrogens is 363 g/mol. The molecule has 7 nitrogen and oxygen atoms in total. The van der Waals surface area contributed by atoms with Gasteiger partial charge in [-0.15, -0.1) is 0 Å². The van der Waals surface area contributed by atoms with E-state index in [4.69, 9.17) is 10.5 Å². The summed E-state index contributed by atoms with van der Waals surface area (Å²) >= 11 is 0. The zero-order valence-electron chi connectivity index (χ0n) is 15.3. The summed E-state index contributed by atoms with van der Waals surface area (Å²) in [4.78, 5) is 24.8. The van der Waals surface area contributed by atoms with Gasteiger partial charge in [-0.3, -0.25) is 9.89 Å². The maximum Gasteiger partial charge on any atom is 0.412 e. The Morgan fingerprint density at radius 1 is 1.18 bits per heavy atom. The van der Waals surface area contributed by atoms with Gasteiger partial charge in [0, 0.05) is 17.2 Å². The van der Waals surface area contributed by atoms with Gasteiger partial charge < -0.3 is 15.8 Å². The second kappa shape index (κ2) is 7.91. The van der Waals surface area contributed by atoms with Crippen molar-refractivity contribution in [2.24, 2.45) is 0 Å². The molecule has 0 aliphatic rings. The number of nitrogen functional groups attached to an aromatic ring is 1. The van der Waals surface area contributed by atoms with Crippen LogP contribution in [0.4, 0.5) is 15.0 Å². The predicted octanol–water partition coefficient (Wildman–Crippen LogP) is 3.53. The Morgan fingerprint density at radius 3 is 2.57 bits per heavy atom. The molecule has 0 atom stereocenters. The van der Waals surface area contributed by atoms with Crippen LogP contribution in [0, 0.1) is 5.82 Å². The highest BCUT2D eigenvalue weighted by Crippen LogP contribution is 2.28. The summed E-state index contributed by atoms with van der Waals surface area (Å²) in [7, 11) is 0. The molecule has 0 aliphatic heterocycles. The number of ether oxygens (including phenoxy) is 1. The first-order chi connectivity index (χ1) is 13.3. The third-order valence-electron chi connectivity index (χ3n) is 3.87.